The molecule has 0 radical (unpaired) electrons. The molecule has 0 aliphatic rings. The van der Waals surface area contributed by atoms with Crippen LogP contribution in [0, 0.1) is 0 Å². The molecular weight excluding hydrogens is 673 g/mol. The van der Waals surface area contributed by atoms with Crippen molar-refractivity contribution >= 4 is 17.9 Å². The molecule has 0 aliphatic carbocycles. The van der Waals surface area contributed by atoms with Crippen LogP contribution in [0.5, 0.6) is 0 Å². The first-order chi connectivity index (χ1) is 26.5. The molecule has 0 aromatic heterocycles. The summed E-state index contributed by atoms with van der Waals surface area (Å²) in [5, 5.41) is 0. The van der Waals surface area contributed by atoms with E-state index in [0.29, 0.717) is 19.3 Å². The number of esters is 3. The number of rotatable bonds is 36. The average molecular weight is 749 g/mol. The van der Waals surface area contributed by atoms with E-state index in [1.807, 2.05) is 6.08 Å². The van der Waals surface area contributed by atoms with Crippen molar-refractivity contribution < 1.29 is 28.6 Å². The summed E-state index contributed by atoms with van der Waals surface area (Å²) in [5.41, 5.74) is 0. The highest BCUT2D eigenvalue weighted by Gasteiger charge is 2.19. The molecule has 0 amide bonds. The highest BCUT2D eigenvalue weighted by atomic mass is 16.6. The normalized spacial score (nSPS) is 13.0. The van der Waals surface area contributed by atoms with Gasteiger partial charge in [0.15, 0.2) is 6.10 Å². The summed E-state index contributed by atoms with van der Waals surface area (Å²) in [6.45, 7) is 6.16. The van der Waals surface area contributed by atoms with Gasteiger partial charge in [0, 0.05) is 19.3 Å². The summed E-state index contributed by atoms with van der Waals surface area (Å²) in [6, 6.07) is 0. The summed E-state index contributed by atoms with van der Waals surface area (Å²) < 4.78 is 16.6. The molecule has 1 unspecified atom stereocenters. The summed E-state index contributed by atoms with van der Waals surface area (Å²) in [4.78, 5) is 37.6. The zero-order chi connectivity index (χ0) is 39.4. The fourth-order valence-electron chi connectivity index (χ4n) is 5.26. The molecular formula is C48H76O6. The van der Waals surface area contributed by atoms with Crippen LogP contribution < -0.4 is 0 Å². The fourth-order valence-corrected chi connectivity index (χ4v) is 5.26. The summed E-state index contributed by atoms with van der Waals surface area (Å²) in [6.07, 6.45) is 54.0. The van der Waals surface area contributed by atoms with Crippen molar-refractivity contribution in [2.24, 2.45) is 0 Å². The average Bonchev–Trinajstić information content (AvgIpc) is 3.17. The molecule has 0 heterocycles. The van der Waals surface area contributed by atoms with Crippen molar-refractivity contribution in [2.75, 3.05) is 13.2 Å². The lowest BCUT2D eigenvalue weighted by atomic mass is 10.1. The third-order valence-electron chi connectivity index (χ3n) is 8.38. The lowest BCUT2D eigenvalue weighted by molar-refractivity contribution is -0.167. The Morgan fingerprint density at radius 1 is 0.389 bits per heavy atom. The van der Waals surface area contributed by atoms with E-state index in [1.165, 1.54) is 0 Å². The molecule has 0 aliphatic heterocycles. The van der Waals surface area contributed by atoms with Gasteiger partial charge in [-0.1, -0.05) is 157 Å². The Balaban J connectivity index is 4.52. The van der Waals surface area contributed by atoms with Gasteiger partial charge in [0.05, 0.1) is 0 Å². The van der Waals surface area contributed by atoms with Crippen LogP contribution in [0.4, 0.5) is 0 Å². The maximum absolute atomic E-state index is 12.7. The van der Waals surface area contributed by atoms with E-state index in [4.69, 9.17) is 14.2 Å². The molecule has 6 heteroatoms. The van der Waals surface area contributed by atoms with E-state index in [9.17, 15) is 14.4 Å². The second-order valence-electron chi connectivity index (χ2n) is 13.5. The monoisotopic (exact) mass is 749 g/mol. The van der Waals surface area contributed by atoms with Crippen molar-refractivity contribution in [3.05, 3.63) is 97.2 Å². The van der Waals surface area contributed by atoms with Crippen molar-refractivity contribution in [3.63, 3.8) is 0 Å². The van der Waals surface area contributed by atoms with Crippen LogP contribution >= 0.6 is 0 Å². The minimum Gasteiger partial charge on any atom is -0.462 e. The van der Waals surface area contributed by atoms with Gasteiger partial charge in [0.2, 0.25) is 0 Å². The van der Waals surface area contributed by atoms with Crippen LogP contribution in [0.2, 0.25) is 0 Å². The van der Waals surface area contributed by atoms with E-state index in [2.05, 4.69) is 112 Å². The van der Waals surface area contributed by atoms with E-state index >= 15 is 0 Å². The number of hydrogen-bond donors (Lipinski definition) is 0. The number of ether oxygens (including phenoxy) is 3. The van der Waals surface area contributed by atoms with Crippen LogP contribution in [0.15, 0.2) is 97.2 Å². The van der Waals surface area contributed by atoms with Crippen LogP contribution in [-0.2, 0) is 28.6 Å². The fraction of sp³-hybridized carbons (Fsp3) is 0.604. The standard InChI is InChI=1S/C48H76O6/c1-4-7-10-13-16-19-22-24-27-29-32-35-38-41-47(50)53-44-45(43-52-46(49)40-37-34-31-28-25-21-18-15-12-9-6-3)54-48(51)42-39-36-33-30-26-23-20-17-14-11-8-5-2/h7-13,16-22,28,31,45H,4-6,14-15,23-27,29-30,32-44H2,1-3H3/b10-7-,11-8-,12-9-,16-13-,20-17-,21-18-,22-19-,31-28-. The predicted octanol–water partition coefficient (Wildman–Crippen LogP) is 13.5. The molecule has 6 nitrogen and oxygen atoms in total. The molecule has 0 spiro atoms. The highest BCUT2D eigenvalue weighted by molar-refractivity contribution is 5.71. The Bertz CT molecular complexity index is 1140. The minimum atomic E-state index is -0.811. The van der Waals surface area contributed by atoms with E-state index in [-0.39, 0.29) is 37.5 Å². The second-order valence-corrected chi connectivity index (χ2v) is 13.5. The Morgan fingerprint density at radius 3 is 1.31 bits per heavy atom. The molecule has 0 N–H and O–H groups in total. The first kappa shape index (κ1) is 50.3. The third-order valence-corrected chi connectivity index (χ3v) is 8.38. The van der Waals surface area contributed by atoms with E-state index < -0.39 is 6.10 Å². The van der Waals surface area contributed by atoms with Crippen LogP contribution in [0.3, 0.4) is 0 Å². The number of carbonyl (C=O) groups is 3. The van der Waals surface area contributed by atoms with Crippen molar-refractivity contribution in [1.82, 2.24) is 0 Å². The predicted molar refractivity (Wildman–Crippen MR) is 228 cm³/mol. The number of hydrogen-bond acceptors (Lipinski definition) is 6. The Hall–Kier alpha value is -3.67. The molecule has 0 saturated carbocycles. The van der Waals surface area contributed by atoms with Gasteiger partial charge in [0.1, 0.15) is 13.2 Å². The summed E-state index contributed by atoms with van der Waals surface area (Å²) in [7, 11) is 0. The van der Waals surface area contributed by atoms with E-state index in [1.54, 1.807) is 0 Å². The topological polar surface area (TPSA) is 78.9 Å². The summed E-state index contributed by atoms with van der Waals surface area (Å²) in [5.74, 6) is -1.02. The summed E-state index contributed by atoms with van der Waals surface area (Å²) >= 11 is 0. The third kappa shape index (κ3) is 39.5. The lowest BCUT2D eigenvalue weighted by Crippen LogP contribution is -2.30. The molecule has 1 atom stereocenters. The van der Waals surface area contributed by atoms with Gasteiger partial charge >= 0.3 is 17.9 Å². The molecule has 0 fully saturated rings. The maximum Gasteiger partial charge on any atom is 0.306 e. The number of allylic oxidation sites excluding steroid dienone is 16. The smallest absolute Gasteiger partial charge is 0.306 e. The number of carbonyl (C=O) groups excluding carboxylic acids is 3. The van der Waals surface area contributed by atoms with Gasteiger partial charge in [0.25, 0.3) is 0 Å². The Morgan fingerprint density at radius 2 is 0.778 bits per heavy atom. The van der Waals surface area contributed by atoms with Crippen LogP contribution in [0.25, 0.3) is 0 Å². The molecule has 0 saturated heterocycles. The van der Waals surface area contributed by atoms with Crippen molar-refractivity contribution in [3.8, 4) is 0 Å². The first-order valence-electron chi connectivity index (χ1n) is 21.3. The molecule has 0 rings (SSSR count). The molecule has 0 aromatic rings. The minimum absolute atomic E-state index is 0.112. The maximum atomic E-state index is 12.7. The zero-order valence-electron chi connectivity index (χ0n) is 34.4. The SMILES string of the molecule is CC\C=C/C=C\C=C/CCCCCCCC(=O)OCC(COC(=O)CCC/C=C\C/C=C\C/C=C\CC)OC(=O)CCCCCCC/C=C\C/C=C\CC. The second kappa shape index (κ2) is 42.1. The number of unbranched alkanes of at least 4 members (excludes halogenated alkanes) is 11. The van der Waals surface area contributed by atoms with Gasteiger partial charge in [-0.15, -0.1) is 0 Å². The largest absolute Gasteiger partial charge is 0.462 e. The Kier molecular flexibility index (Phi) is 39.2. The van der Waals surface area contributed by atoms with Gasteiger partial charge in [-0.2, -0.15) is 0 Å². The van der Waals surface area contributed by atoms with Gasteiger partial charge in [-0.25, -0.2) is 0 Å². The van der Waals surface area contributed by atoms with Crippen molar-refractivity contribution in [1.29, 1.82) is 0 Å². The van der Waals surface area contributed by atoms with E-state index in [0.717, 1.165) is 122 Å². The molecule has 54 heavy (non-hydrogen) atoms. The van der Waals surface area contributed by atoms with Crippen LogP contribution in [0.1, 0.15) is 168 Å². The first-order valence-corrected chi connectivity index (χ1v) is 21.3. The van der Waals surface area contributed by atoms with Gasteiger partial charge in [-0.05, 0) is 89.9 Å². The van der Waals surface area contributed by atoms with Crippen LogP contribution in [-0.4, -0.2) is 37.2 Å². The van der Waals surface area contributed by atoms with Gasteiger partial charge in [-0.3, -0.25) is 14.4 Å². The Labute approximate surface area is 330 Å². The molecule has 304 valence electrons. The quantitative estimate of drug-likeness (QED) is 0.0209. The molecule has 0 aromatic carbocycles. The highest BCUT2D eigenvalue weighted by Crippen LogP contribution is 2.12. The van der Waals surface area contributed by atoms with Gasteiger partial charge < -0.3 is 14.2 Å². The lowest BCUT2D eigenvalue weighted by Gasteiger charge is -2.18. The molecule has 0 bridgehead atoms. The van der Waals surface area contributed by atoms with Crippen molar-refractivity contribution in [2.45, 2.75) is 175 Å². The zero-order valence-corrected chi connectivity index (χ0v) is 34.4.